The zero-order valence-corrected chi connectivity index (χ0v) is 18.8. The molecule has 0 saturated carbocycles. The summed E-state index contributed by atoms with van der Waals surface area (Å²) in [6.07, 6.45) is 2.64. The van der Waals surface area contributed by atoms with E-state index in [1.165, 1.54) is 24.4 Å². The van der Waals surface area contributed by atoms with Crippen LogP contribution in [0.4, 0.5) is 13.2 Å². The van der Waals surface area contributed by atoms with Crippen LogP contribution in [0.1, 0.15) is 34.8 Å². The predicted octanol–water partition coefficient (Wildman–Crippen LogP) is 4.42. The third kappa shape index (κ3) is 5.32. The van der Waals surface area contributed by atoms with Crippen LogP contribution in [0.3, 0.4) is 0 Å². The highest BCUT2D eigenvalue weighted by atomic mass is 19.3. The van der Waals surface area contributed by atoms with E-state index in [9.17, 15) is 22.8 Å². The molecule has 0 aliphatic carbocycles. The summed E-state index contributed by atoms with van der Waals surface area (Å²) in [5, 5.41) is 12.1. The van der Waals surface area contributed by atoms with E-state index in [1.807, 2.05) is 19.1 Å². The number of amides is 2. The molecule has 1 aliphatic heterocycles. The van der Waals surface area contributed by atoms with Crippen molar-refractivity contribution in [3.63, 3.8) is 0 Å². The second-order valence-corrected chi connectivity index (χ2v) is 8.38. The fourth-order valence-corrected chi connectivity index (χ4v) is 4.04. The van der Waals surface area contributed by atoms with Crippen molar-refractivity contribution in [3.8, 4) is 6.07 Å². The number of hydrogen-bond acceptors (Lipinski definition) is 4. The normalized spacial score (nSPS) is 17.3. The van der Waals surface area contributed by atoms with Crippen molar-refractivity contribution in [3.05, 3.63) is 77.2 Å². The molecule has 6 nitrogen and oxygen atoms in total. The number of nitrogens with zero attached hydrogens (tertiary/aromatic N) is 3. The molecule has 1 N–H and O–H groups in total. The Kier molecular flexibility index (Phi) is 6.56. The summed E-state index contributed by atoms with van der Waals surface area (Å²) in [4.78, 5) is 30.4. The molecule has 1 fully saturated rings. The maximum atomic E-state index is 13.6. The molecule has 2 aromatic carbocycles. The zero-order valence-electron chi connectivity index (χ0n) is 18.8. The van der Waals surface area contributed by atoms with Crippen LogP contribution in [-0.4, -0.2) is 46.8 Å². The number of benzene rings is 2. The van der Waals surface area contributed by atoms with Crippen LogP contribution in [0, 0.1) is 17.1 Å². The first-order valence-electron chi connectivity index (χ1n) is 10.8. The van der Waals surface area contributed by atoms with Crippen LogP contribution in [0.15, 0.2) is 54.7 Å². The average molecular weight is 478 g/mol. The van der Waals surface area contributed by atoms with Gasteiger partial charge in [-0.25, -0.2) is 13.2 Å². The molecule has 178 valence electrons. The Morgan fingerprint density at radius 1 is 1.23 bits per heavy atom. The monoisotopic (exact) mass is 478 g/mol. The Balaban J connectivity index is 1.53. The summed E-state index contributed by atoms with van der Waals surface area (Å²) in [5.74, 6) is -4.77. The lowest BCUT2D eigenvalue weighted by Crippen LogP contribution is -2.43. The Bertz CT molecular complexity index is 1360. The van der Waals surface area contributed by atoms with E-state index in [2.05, 4.69) is 10.3 Å². The van der Waals surface area contributed by atoms with E-state index in [1.54, 1.807) is 30.3 Å². The third-order valence-corrected chi connectivity index (χ3v) is 5.83. The van der Waals surface area contributed by atoms with E-state index >= 15 is 0 Å². The predicted molar refractivity (Wildman–Crippen MR) is 125 cm³/mol. The molecule has 1 aliphatic rings. The Morgan fingerprint density at radius 3 is 2.69 bits per heavy atom. The van der Waals surface area contributed by atoms with Crippen LogP contribution in [0.2, 0.25) is 0 Å². The molecule has 9 heteroatoms. The van der Waals surface area contributed by atoms with Crippen molar-refractivity contribution in [2.24, 2.45) is 0 Å². The van der Waals surface area contributed by atoms with Gasteiger partial charge in [-0.05, 0) is 54.0 Å². The SMILES string of the molecule is C/C(=C\c1ccc2nccc(C(=O)NCC(=O)N3CC(F)(F)CC3C#N)c2c1)c1ccc(F)cc1. The molecule has 0 radical (unpaired) electrons. The first-order chi connectivity index (χ1) is 16.7. The van der Waals surface area contributed by atoms with Gasteiger partial charge in [-0.2, -0.15) is 5.26 Å². The van der Waals surface area contributed by atoms with Crippen molar-refractivity contribution in [1.82, 2.24) is 15.2 Å². The van der Waals surface area contributed by atoms with Crippen LogP contribution < -0.4 is 5.32 Å². The molecule has 35 heavy (non-hydrogen) atoms. The van der Waals surface area contributed by atoms with Crippen molar-refractivity contribution >= 4 is 34.4 Å². The number of aromatic nitrogens is 1. The number of nitriles is 1. The smallest absolute Gasteiger partial charge is 0.268 e. The number of halogens is 3. The number of carbonyl (C=O) groups is 2. The van der Waals surface area contributed by atoms with Crippen LogP contribution >= 0.6 is 0 Å². The number of rotatable bonds is 5. The fraction of sp³-hybridized carbons (Fsp3) is 0.231. The van der Waals surface area contributed by atoms with Gasteiger partial charge < -0.3 is 10.2 Å². The van der Waals surface area contributed by atoms with E-state index in [0.717, 1.165) is 21.6 Å². The Labute approximate surface area is 199 Å². The summed E-state index contributed by atoms with van der Waals surface area (Å²) in [7, 11) is 0. The lowest BCUT2D eigenvalue weighted by Gasteiger charge is -2.19. The molecule has 0 bridgehead atoms. The van der Waals surface area contributed by atoms with Crippen molar-refractivity contribution in [1.29, 1.82) is 5.26 Å². The first-order valence-corrected chi connectivity index (χ1v) is 10.8. The van der Waals surface area contributed by atoms with Crippen molar-refractivity contribution < 1.29 is 22.8 Å². The standard InChI is InChI=1S/C26H21F3N4O2/c1-16(18-3-5-19(27)6-4-18)10-17-2-7-23-22(11-17)21(8-9-31-23)25(35)32-14-24(34)33-15-26(28,29)12-20(33)13-30/h2-11,20H,12,14-15H2,1H3,(H,32,35)/b16-10+. The number of allylic oxidation sites excluding steroid dienone is 1. The van der Waals surface area contributed by atoms with Gasteiger partial charge in [-0.3, -0.25) is 14.6 Å². The summed E-state index contributed by atoms with van der Waals surface area (Å²) in [6.45, 7) is 0.525. The van der Waals surface area contributed by atoms with Crippen molar-refractivity contribution in [2.75, 3.05) is 13.1 Å². The van der Waals surface area contributed by atoms with Gasteiger partial charge in [-0.1, -0.05) is 24.3 Å². The van der Waals surface area contributed by atoms with Crippen molar-refractivity contribution in [2.45, 2.75) is 25.3 Å². The minimum Gasteiger partial charge on any atom is -0.343 e. The van der Waals surface area contributed by atoms with Gasteiger partial charge >= 0.3 is 0 Å². The highest BCUT2D eigenvalue weighted by Crippen LogP contribution is 2.31. The number of alkyl halides is 2. The molecular weight excluding hydrogens is 457 g/mol. The molecule has 1 unspecified atom stereocenters. The Hall–Kier alpha value is -4.19. The van der Waals surface area contributed by atoms with Gasteiger partial charge in [-0.15, -0.1) is 0 Å². The second-order valence-electron chi connectivity index (χ2n) is 8.38. The van der Waals surface area contributed by atoms with Gasteiger partial charge in [0.25, 0.3) is 11.8 Å². The van der Waals surface area contributed by atoms with E-state index in [4.69, 9.17) is 5.26 Å². The lowest BCUT2D eigenvalue weighted by molar-refractivity contribution is -0.131. The molecule has 0 spiro atoms. The summed E-state index contributed by atoms with van der Waals surface area (Å²) < 4.78 is 40.5. The molecular formula is C26H21F3N4O2. The molecule has 1 aromatic heterocycles. The maximum Gasteiger partial charge on any atom is 0.268 e. The number of nitrogens with one attached hydrogen (secondary N) is 1. The molecule has 1 atom stereocenters. The van der Waals surface area contributed by atoms with Gasteiger partial charge in [0.1, 0.15) is 11.9 Å². The molecule has 2 heterocycles. The van der Waals surface area contributed by atoms with Crippen LogP contribution in [-0.2, 0) is 4.79 Å². The van der Waals surface area contributed by atoms with Gasteiger partial charge in [0.05, 0.1) is 30.2 Å². The fourth-order valence-electron chi connectivity index (χ4n) is 4.04. The lowest BCUT2D eigenvalue weighted by atomic mass is 10.0. The average Bonchev–Trinajstić information content (AvgIpc) is 3.17. The molecule has 4 rings (SSSR count). The summed E-state index contributed by atoms with van der Waals surface area (Å²) in [5.41, 5.74) is 3.34. The molecule has 2 amide bonds. The third-order valence-electron chi connectivity index (χ3n) is 5.83. The number of fused-ring (bicyclic) bond motifs is 1. The van der Waals surface area contributed by atoms with E-state index in [0.29, 0.717) is 10.9 Å². The van der Waals surface area contributed by atoms with E-state index in [-0.39, 0.29) is 11.4 Å². The quantitative estimate of drug-likeness (QED) is 0.550. The van der Waals surface area contributed by atoms with Gasteiger partial charge in [0.15, 0.2) is 0 Å². The highest BCUT2D eigenvalue weighted by Gasteiger charge is 2.47. The number of carbonyl (C=O) groups excluding carboxylic acids is 2. The second kappa shape index (κ2) is 9.58. The summed E-state index contributed by atoms with van der Waals surface area (Å²) in [6, 6.07) is 13.5. The number of hydrogen-bond donors (Lipinski definition) is 1. The first kappa shape index (κ1) is 24.0. The number of pyridine rings is 1. The topological polar surface area (TPSA) is 86.1 Å². The number of likely N-dealkylation sites (tertiary alicyclic amines) is 1. The minimum atomic E-state index is -3.13. The minimum absolute atomic E-state index is 0.265. The van der Waals surface area contributed by atoms with Gasteiger partial charge in [0, 0.05) is 18.0 Å². The maximum absolute atomic E-state index is 13.6. The molecule has 1 saturated heterocycles. The van der Waals surface area contributed by atoms with Crippen LogP contribution in [0.25, 0.3) is 22.6 Å². The molecule has 3 aromatic rings. The zero-order chi connectivity index (χ0) is 25.2. The van der Waals surface area contributed by atoms with Gasteiger partial charge in [0.2, 0.25) is 5.91 Å². The Morgan fingerprint density at radius 2 is 1.97 bits per heavy atom. The van der Waals surface area contributed by atoms with Crippen LogP contribution in [0.5, 0.6) is 0 Å². The summed E-state index contributed by atoms with van der Waals surface area (Å²) >= 11 is 0. The largest absolute Gasteiger partial charge is 0.343 e. The van der Waals surface area contributed by atoms with E-state index < -0.39 is 43.3 Å². The highest BCUT2D eigenvalue weighted by molar-refractivity contribution is 6.07.